The first-order valence-electron chi connectivity index (χ1n) is 5.65. The fraction of sp³-hybridized carbons (Fsp3) is 0.462. The van der Waals surface area contributed by atoms with E-state index in [-0.39, 0.29) is 5.91 Å². The minimum Gasteiger partial charge on any atom is -0.356 e. The monoisotopic (exact) mass is 269 g/mol. The number of nitrogens with one attached hydrogen (secondary N) is 1. The van der Waals surface area contributed by atoms with E-state index >= 15 is 0 Å². The fourth-order valence-electron chi connectivity index (χ4n) is 1.49. The van der Waals surface area contributed by atoms with Crippen LogP contribution in [-0.2, 0) is 11.2 Å². The van der Waals surface area contributed by atoms with Gasteiger partial charge in [0.2, 0.25) is 5.91 Å². The average molecular weight is 269 g/mol. The molecule has 0 fully saturated rings. The summed E-state index contributed by atoms with van der Waals surface area (Å²) in [7, 11) is 0. The Labute approximate surface area is 113 Å². The van der Waals surface area contributed by atoms with E-state index in [1.54, 1.807) is 0 Å². The molecule has 0 bridgehead atoms. The van der Waals surface area contributed by atoms with Crippen molar-refractivity contribution in [3.05, 3.63) is 29.8 Å². The average Bonchev–Trinajstić information content (AvgIpc) is 2.30. The lowest BCUT2D eigenvalue weighted by atomic mass is 10.1. The summed E-state index contributed by atoms with van der Waals surface area (Å²) in [5.74, 6) is 1.69. The lowest BCUT2D eigenvalue weighted by Gasteiger charge is -2.11. The van der Waals surface area contributed by atoms with Crippen LogP contribution < -0.4 is 5.32 Å². The van der Waals surface area contributed by atoms with E-state index in [0.717, 1.165) is 22.8 Å². The van der Waals surface area contributed by atoms with Gasteiger partial charge in [0.05, 0.1) is 6.42 Å². The molecule has 0 radical (unpaired) electrons. The minimum absolute atomic E-state index is 0.0878. The molecule has 0 spiro atoms. The standard InChI is InChI=1S/C13H19NOS2/c1-10(9-17-2)8-14-13(15)7-11-3-5-12(16)6-4-11/h3-6,10,16H,7-9H2,1-2H3,(H,14,15). The quantitative estimate of drug-likeness (QED) is 0.777. The van der Waals surface area contributed by atoms with Gasteiger partial charge in [0.1, 0.15) is 0 Å². The van der Waals surface area contributed by atoms with Crippen molar-refractivity contribution in [2.24, 2.45) is 5.92 Å². The Bertz CT molecular complexity index is 351. The van der Waals surface area contributed by atoms with Crippen molar-refractivity contribution in [1.82, 2.24) is 5.32 Å². The third-order valence-corrected chi connectivity index (χ3v) is 3.60. The Kier molecular flexibility index (Phi) is 6.52. The molecule has 1 aromatic rings. The van der Waals surface area contributed by atoms with E-state index in [2.05, 4.69) is 31.1 Å². The van der Waals surface area contributed by atoms with Gasteiger partial charge in [0.15, 0.2) is 0 Å². The molecule has 1 amide bonds. The molecule has 0 aliphatic carbocycles. The van der Waals surface area contributed by atoms with Crippen LogP contribution in [0.5, 0.6) is 0 Å². The number of carbonyl (C=O) groups excluding carboxylic acids is 1. The minimum atomic E-state index is 0.0878. The van der Waals surface area contributed by atoms with Crippen LogP contribution in [0, 0.1) is 5.92 Å². The van der Waals surface area contributed by atoms with Crippen molar-refractivity contribution in [1.29, 1.82) is 0 Å². The van der Waals surface area contributed by atoms with E-state index in [1.807, 2.05) is 36.0 Å². The number of thioether (sulfide) groups is 1. The highest BCUT2D eigenvalue weighted by Crippen LogP contribution is 2.08. The molecule has 94 valence electrons. The summed E-state index contributed by atoms with van der Waals surface area (Å²) in [6.45, 7) is 2.90. The molecule has 17 heavy (non-hydrogen) atoms. The predicted octanol–water partition coefficient (Wildman–Crippen LogP) is 2.63. The van der Waals surface area contributed by atoms with Gasteiger partial charge in [-0.25, -0.2) is 0 Å². The van der Waals surface area contributed by atoms with Crippen molar-refractivity contribution < 1.29 is 4.79 Å². The molecule has 4 heteroatoms. The lowest BCUT2D eigenvalue weighted by Crippen LogP contribution is -2.30. The highest BCUT2D eigenvalue weighted by Gasteiger charge is 2.05. The molecule has 1 unspecified atom stereocenters. The maximum Gasteiger partial charge on any atom is 0.224 e. The first-order chi connectivity index (χ1) is 8.11. The van der Waals surface area contributed by atoms with Gasteiger partial charge in [-0.15, -0.1) is 12.6 Å². The second kappa shape index (κ2) is 7.67. The van der Waals surface area contributed by atoms with Crippen LogP contribution in [0.25, 0.3) is 0 Å². The van der Waals surface area contributed by atoms with Crippen LogP contribution in [0.1, 0.15) is 12.5 Å². The summed E-state index contributed by atoms with van der Waals surface area (Å²) in [6, 6.07) is 7.69. The van der Waals surface area contributed by atoms with Crippen LogP contribution in [0.15, 0.2) is 29.2 Å². The van der Waals surface area contributed by atoms with Crippen molar-refractivity contribution in [2.75, 3.05) is 18.6 Å². The van der Waals surface area contributed by atoms with Crippen LogP contribution in [0.4, 0.5) is 0 Å². The van der Waals surface area contributed by atoms with Gasteiger partial charge >= 0.3 is 0 Å². The van der Waals surface area contributed by atoms with Crippen molar-refractivity contribution >= 4 is 30.3 Å². The molecule has 0 aromatic heterocycles. The molecular weight excluding hydrogens is 250 g/mol. The largest absolute Gasteiger partial charge is 0.356 e. The smallest absolute Gasteiger partial charge is 0.224 e. The summed E-state index contributed by atoms with van der Waals surface area (Å²) in [6.07, 6.45) is 2.53. The molecular formula is C13H19NOS2. The Morgan fingerprint density at radius 2 is 2.06 bits per heavy atom. The van der Waals surface area contributed by atoms with E-state index < -0.39 is 0 Å². The van der Waals surface area contributed by atoms with Gasteiger partial charge in [0, 0.05) is 11.4 Å². The molecule has 1 N–H and O–H groups in total. The van der Waals surface area contributed by atoms with Gasteiger partial charge in [-0.05, 0) is 35.6 Å². The normalized spacial score (nSPS) is 12.2. The summed E-state index contributed by atoms with van der Waals surface area (Å²) >= 11 is 6.02. The fourth-order valence-corrected chi connectivity index (χ4v) is 2.33. The number of rotatable bonds is 6. The Hall–Kier alpha value is -0.610. The Balaban J connectivity index is 2.32. The summed E-state index contributed by atoms with van der Waals surface area (Å²) in [4.78, 5) is 12.6. The number of benzene rings is 1. The predicted molar refractivity (Wildman–Crippen MR) is 78.0 cm³/mol. The maximum absolute atomic E-state index is 11.7. The molecule has 0 aliphatic rings. The first-order valence-corrected chi connectivity index (χ1v) is 7.49. The van der Waals surface area contributed by atoms with Crippen LogP contribution in [-0.4, -0.2) is 24.5 Å². The molecule has 0 saturated carbocycles. The highest BCUT2D eigenvalue weighted by molar-refractivity contribution is 7.98. The Morgan fingerprint density at radius 1 is 1.41 bits per heavy atom. The molecule has 2 nitrogen and oxygen atoms in total. The van der Waals surface area contributed by atoms with E-state index in [0.29, 0.717) is 12.3 Å². The Morgan fingerprint density at radius 3 is 2.65 bits per heavy atom. The van der Waals surface area contributed by atoms with Gasteiger partial charge in [0.25, 0.3) is 0 Å². The van der Waals surface area contributed by atoms with Gasteiger partial charge in [-0.2, -0.15) is 11.8 Å². The van der Waals surface area contributed by atoms with E-state index in [1.165, 1.54) is 0 Å². The maximum atomic E-state index is 11.7. The number of hydrogen-bond acceptors (Lipinski definition) is 3. The summed E-state index contributed by atoms with van der Waals surface area (Å²) in [5.41, 5.74) is 1.03. The lowest BCUT2D eigenvalue weighted by molar-refractivity contribution is -0.120. The van der Waals surface area contributed by atoms with Crippen molar-refractivity contribution in [3.8, 4) is 0 Å². The molecule has 0 aliphatic heterocycles. The molecule has 0 heterocycles. The number of thiol groups is 1. The molecule has 1 atom stereocenters. The zero-order valence-corrected chi connectivity index (χ0v) is 12.0. The molecule has 1 aromatic carbocycles. The molecule has 0 saturated heterocycles. The summed E-state index contributed by atoms with van der Waals surface area (Å²) < 4.78 is 0. The van der Waals surface area contributed by atoms with Crippen molar-refractivity contribution in [3.63, 3.8) is 0 Å². The number of carbonyl (C=O) groups is 1. The first kappa shape index (κ1) is 14.5. The van der Waals surface area contributed by atoms with Gasteiger partial charge in [-0.1, -0.05) is 19.1 Å². The van der Waals surface area contributed by atoms with Crippen molar-refractivity contribution in [2.45, 2.75) is 18.2 Å². The number of hydrogen-bond donors (Lipinski definition) is 2. The van der Waals surface area contributed by atoms with Gasteiger partial charge < -0.3 is 5.32 Å². The zero-order valence-electron chi connectivity index (χ0n) is 10.3. The number of amides is 1. The topological polar surface area (TPSA) is 29.1 Å². The van der Waals surface area contributed by atoms with Crippen LogP contribution in [0.3, 0.4) is 0 Å². The summed E-state index contributed by atoms with van der Waals surface area (Å²) in [5, 5.41) is 2.96. The highest BCUT2D eigenvalue weighted by atomic mass is 32.2. The second-order valence-electron chi connectivity index (χ2n) is 4.21. The molecule has 1 rings (SSSR count). The van der Waals surface area contributed by atoms with E-state index in [9.17, 15) is 4.79 Å². The van der Waals surface area contributed by atoms with Crippen LogP contribution >= 0.6 is 24.4 Å². The third kappa shape index (κ3) is 6.03. The zero-order chi connectivity index (χ0) is 12.7. The van der Waals surface area contributed by atoms with Crippen LogP contribution in [0.2, 0.25) is 0 Å². The SMILES string of the molecule is CSCC(C)CNC(=O)Cc1ccc(S)cc1. The van der Waals surface area contributed by atoms with E-state index in [4.69, 9.17) is 0 Å². The third-order valence-electron chi connectivity index (χ3n) is 2.40. The second-order valence-corrected chi connectivity index (χ2v) is 5.63. The van der Waals surface area contributed by atoms with Gasteiger partial charge in [-0.3, -0.25) is 4.79 Å².